The van der Waals surface area contributed by atoms with Crippen LogP contribution in [0, 0.1) is 0 Å². The second-order valence-electron chi connectivity index (χ2n) is 4.88. The Balaban J connectivity index is 0.00000264. The van der Waals surface area contributed by atoms with E-state index < -0.39 is 50.1 Å². The minimum atomic E-state index is -5.05. The first-order chi connectivity index (χ1) is 10.1. The maximum absolute atomic E-state index is 11.7. The Hall–Kier alpha value is 0.670. The molecule has 0 saturated carbocycles. The van der Waals surface area contributed by atoms with Crippen LogP contribution < -0.4 is 80.3 Å². The van der Waals surface area contributed by atoms with Crippen LogP contribution in [0.5, 0.6) is 0 Å². The van der Waals surface area contributed by atoms with Crippen LogP contribution in [-0.4, -0.2) is 55.4 Å². The van der Waals surface area contributed by atoms with Crippen LogP contribution in [0.15, 0.2) is 17.1 Å². The van der Waals surface area contributed by atoms with Crippen LogP contribution in [0.3, 0.4) is 0 Å². The fourth-order valence-electron chi connectivity index (χ4n) is 2.19. The monoisotopic (exact) mass is 381 g/mol. The number of ether oxygens (including phenoxy) is 1. The molecule has 0 amide bonds. The molecule has 0 radical (unpaired) electrons. The SMILES string of the molecule is Nc1ccn([C@@H]2O[C@H]([C@H](O)CP(=O)([O-])[O-])[C@@H](O)[C@H]2O)c(=O)n1.[Na+].[Na+]. The van der Waals surface area contributed by atoms with Gasteiger partial charge in [-0.1, -0.05) is 7.60 Å². The number of anilines is 1. The van der Waals surface area contributed by atoms with Gasteiger partial charge in [-0.15, -0.1) is 0 Å². The van der Waals surface area contributed by atoms with Gasteiger partial charge in [0.2, 0.25) is 0 Å². The summed E-state index contributed by atoms with van der Waals surface area (Å²) < 4.78 is 16.6. The Kier molecular flexibility index (Phi) is 9.83. The second-order valence-corrected chi connectivity index (χ2v) is 6.46. The van der Waals surface area contributed by atoms with Crippen LogP contribution in [-0.2, 0) is 9.30 Å². The Morgan fingerprint density at radius 1 is 1.38 bits per heavy atom. The molecule has 1 aromatic heterocycles. The zero-order chi connectivity index (χ0) is 16.7. The minimum absolute atomic E-state index is 0. The van der Waals surface area contributed by atoms with Crippen molar-refractivity contribution in [2.45, 2.75) is 30.6 Å². The van der Waals surface area contributed by atoms with Crippen LogP contribution >= 0.6 is 7.60 Å². The van der Waals surface area contributed by atoms with Crippen molar-refractivity contribution < 1.29 is 93.5 Å². The van der Waals surface area contributed by atoms with E-state index in [1.54, 1.807) is 0 Å². The Labute approximate surface area is 180 Å². The van der Waals surface area contributed by atoms with Gasteiger partial charge < -0.3 is 40.1 Å². The summed E-state index contributed by atoms with van der Waals surface area (Å²) in [6, 6.07) is 1.25. The van der Waals surface area contributed by atoms with E-state index in [0.29, 0.717) is 0 Å². The Morgan fingerprint density at radius 2 is 1.96 bits per heavy atom. The van der Waals surface area contributed by atoms with E-state index in [4.69, 9.17) is 10.5 Å². The summed E-state index contributed by atoms with van der Waals surface area (Å²) in [4.78, 5) is 36.4. The molecule has 0 unspecified atom stereocenters. The van der Waals surface area contributed by atoms with E-state index in [1.165, 1.54) is 6.07 Å². The molecule has 11 nitrogen and oxygen atoms in total. The molecule has 14 heteroatoms. The maximum Gasteiger partial charge on any atom is 1.00 e. The summed E-state index contributed by atoms with van der Waals surface area (Å²) in [6.07, 6.45) is -8.17. The van der Waals surface area contributed by atoms with Gasteiger partial charge in [0.15, 0.2) is 6.23 Å². The summed E-state index contributed by atoms with van der Waals surface area (Å²) in [5.41, 5.74) is 4.44. The topological polar surface area (TPSA) is 194 Å². The van der Waals surface area contributed by atoms with Crippen LogP contribution in [0.25, 0.3) is 0 Å². The molecule has 0 aromatic carbocycles. The number of nitrogen functional groups attached to an aromatic ring is 1. The zero-order valence-electron chi connectivity index (χ0n) is 13.1. The Morgan fingerprint density at radius 3 is 2.46 bits per heavy atom. The summed E-state index contributed by atoms with van der Waals surface area (Å²) in [7, 11) is -5.05. The average molecular weight is 381 g/mol. The van der Waals surface area contributed by atoms with Gasteiger partial charge in [-0.25, -0.2) is 4.79 Å². The standard InChI is InChI=1S/C10H16N3O8P.2Na/c11-5-1-2-13(10(17)12-5)9-7(16)6(15)8(21-9)4(14)3-22(18,19)20;;/h1-2,4,6-9,14-16H,3H2,(H2,11,12,17)(H2,18,19,20);;/q;2*+1/p-2/t4-,6+,7-,8-,9-;;/m1../s1. The number of aliphatic hydroxyl groups excluding tert-OH is 3. The van der Waals surface area contributed by atoms with Gasteiger partial charge in [-0.2, -0.15) is 4.98 Å². The van der Waals surface area contributed by atoms with E-state index in [9.17, 15) is 34.5 Å². The van der Waals surface area contributed by atoms with Gasteiger partial charge in [0.05, 0.1) is 6.10 Å². The first-order valence-electron chi connectivity index (χ1n) is 6.15. The van der Waals surface area contributed by atoms with Crippen molar-refractivity contribution in [3.05, 3.63) is 22.7 Å². The molecule has 0 aliphatic carbocycles. The molecule has 1 saturated heterocycles. The van der Waals surface area contributed by atoms with Crippen molar-refractivity contribution in [3.8, 4) is 0 Å². The molecule has 1 aliphatic heterocycles. The van der Waals surface area contributed by atoms with Crippen molar-refractivity contribution in [2.75, 3.05) is 11.9 Å². The molecule has 1 aromatic rings. The van der Waals surface area contributed by atoms with Gasteiger partial charge in [-0.05, 0) is 6.07 Å². The van der Waals surface area contributed by atoms with Crippen molar-refractivity contribution in [2.24, 2.45) is 0 Å². The third-order valence-corrected chi connectivity index (χ3v) is 4.01. The molecular formula is C10H14N3Na2O8P. The molecule has 5 N–H and O–H groups in total. The van der Waals surface area contributed by atoms with E-state index in [0.717, 1.165) is 10.8 Å². The van der Waals surface area contributed by atoms with Gasteiger partial charge in [0, 0.05) is 12.4 Å². The molecule has 0 spiro atoms. The third kappa shape index (κ3) is 5.85. The molecular weight excluding hydrogens is 367 g/mol. The smallest absolute Gasteiger partial charge is 0.811 e. The third-order valence-electron chi connectivity index (χ3n) is 3.19. The quantitative estimate of drug-likeness (QED) is 0.287. The summed E-state index contributed by atoms with van der Waals surface area (Å²) in [6.45, 7) is 0. The van der Waals surface area contributed by atoms with Crippen LogP contribution in [0.2, 0.25) is 0 Å². The largest absolute Gasteiger partial charge is 1.00 e. The van der Waals surface area contributed by atoms with Gasteiger partial charge in [-0.3, -0.25) is 4.57 Å². The fraction of sp³-hybridized carbons (Fsp3) is 0.600. The minimum Gasteiger partial charge on any atom is -0.811 e. The van der Waals surface area contributed by atoms with Crippen molar-refractivity contribution in [1.82, 2.24) is 9.55 Å². The van der Waals surface area contributed by atoms with E-state index in [2.05, 4.69) is 4.98 Å². The van der Waals surface area contributed by atoms with Gasteiger partial charge >= 0.3 is 64.8 Å². The predicted octanol–water partition coefficient (Wildman–Crippen LogP) is -10.3. The first-order valence-corrected chi connectivity index (χ1v) is 7.88. The predicted molar refractivity (Wildman–Crippen MR) is 67.3 cm³/mol. The normalized spacial score (nSPS) is 27.9. The summed E-state index contributed by atoms with van der Waals surface area (Å²) >= 11 is 0. The number of hydrogen-bond acceptors (Lipinski definition) is 10. The molecule has 124 valence electrons. The van der Waals surface area contributed by atoms with Crippen molar-refractivity contribution >= 4 is 13.4 Å². The number of aromatic nitrogens is 2. The number of rotatable bonds is 4. The number of nitrogens with two attached hydrogens (primary N) is 1. The number of hydrogen-bond donors (Lipinski definition) is 4. The molecule has 0 bridgehead atoms. The Bertz CT molecular complexity index is 655. The van der Waals surface area contributed by atoms with Gasteiger partial charge in [0.1, 0.15) is 24.1 Å². The zero-order valence-corrected chi connectivity index (χ0v) is 17.9. The molecule has 2 heterocycles. The number of nitrogens with zero attached hydrogens (tertiary/aromatic N) is 2. The molecule has 1 aliphatic rings. The summed E-state index contributed by atoms with van der Waals surface area (Å²) in [5.74, 6) is -0.0653. The molecule has 2 rings (SSSR count). The first kappa shape index (κ1) is 24.7. The average Bonchev–Trinajstić information content (AvgIpc) is 2.65. The fourth-order valence-corrected chi connectivity index (χ4v) is 2.85. The van der Waals surface area contributed by atoms with Crippen molar-refractivity contribution in [1.29, 1.82) is 0 Å². The molecule has 24 heavy (non-hydrogen) atoms. The van der Waals surface area contributed by atoms with Crippen LogP contribution in [0.4, 0.5) is 5.82 Å². The van der Waals surface area contributed by atoms with E-state index in [-0.39, 0.29) is 64.9 Å². The van der Waals surface area contributed by atoms with Crippen LogP contribution in [0.1, 0.15) is 6.23 Å². The number of aliphatic hydroxyl groups is 3. The van der Waals surface area contributed by atoms with E-state index >= 15 is 0 Å². The van der Waals surface area contributed by atoms with Gasteiger partial charge in [0.25, 0.3) is 0 Å². The summed E-state index contributed by atoms with van der Waals surface area (Å²) in [5, 5.41) is 29.4. The molecule has 1 fully saturated rings. The molecule has 5 atom stereocenters. The van der Waals surface area contributed by atoms with E-state index in [1.807, 2.05) is 0 Å². The second kappa shape index (κ2) is 9.56. The van der Waals surface area contributed by atoms with Crippen molar-refractivity contribution in [3.63, 3.8) is 0 Å². The maximum atomic E-state index is 11.7.